The van der Waals surface area contributed by atoms with Crippen molar-refractivity contribution in [2.45, 2.75) is 44.9 Å². The van der Waals surface area contributed by atoms with Crippen LogP contribution in [0.1, 0.15) is 30.5 Å². The lowest BCUT2D eigenvalue weighted by Gasteiger charge is -2.42. The van der Waals surface area contributed by atoms with Gasteiger partial charge in [-0.15, -0.1) is 11.3 Å². The summed E-state index contributed by atoms with van der Waals surface area (Å²) in [6.45, 7) is 7.62. The first kappa shape index (κ1) is 12.5. The molecule has 2 unspecified atom stereocenters. The van der Waals surface area contributed by atoms with E-state index in [1.54, 1.807) is 11.3 Å². The standard InChI is InChI=1S/C13H22N4S/c1-10-6-16-4-2-3-12(16)8-17(10)7-11-9-18-13(5-14)15-11/h9-10,12H,2-8,14H2,1H3. The second-order valence-electron chi connectivity index (χ2n) is 5.51. The third-order valence-electron chi connectivity index (χ3n) is 4.21. The van der Waals surface area contributed by atoms with Crippen LogP contribution in [0.25, 0.3) is 0 Å². The Bertz CT molecular complexity index is 405. The third-order valence-corrected chi connectivity index (χ3v) is 5.13. The van der Waals surface area contributed by atoms with Crippen LogP contribution >= 0.6 is 11.3 Å². The van der Waals surface area contributed by atoms with Crippen LogP contribution in [0.2, 0.25) is 0 Å². The highest BCUT2D eigenvalue weighted by Gasteiger charge is 2.34. The molecule has 1 aromatic heterocycles. The van der Waals surface area contributed by atoms with Crippen molar-refractivity contribution in [1.29, 1.82) is 0 Å². The molecule has 3 rings (SSSR count). The summed E-state index contributed by atoms with van der Waals surface area (Å²) in [7, 11) is 0. The Kier molecular flexibility index (Phi) is 3.66. The van der Waals surface area contributed by atoms with Gasteiger partial charge in [-0.25, -0.2) is 4.98 Å². The number of piperazine rings is 1. The maximum Gasteiger partial charge on any atom is 0.106 e. The molecule has 0 aliphatic carbocycles. The number of nitrogens with zero attached hydrogens (tertiary/aromatic N) is 3. The highest BCUT2D eigenvalue weighted by Crippen LogP contribution is 2.25. The zero-order valence-electron chi connectivity index (χ0n) is 11.0. The van der Waals surface area contributed by atoms with E-state index in [2.05, 4.69) is 27.1 Å². The quantitative estimate of drug-likeness (QED) is 0.895. The molecule has 2 N–H and O–H groups in total. The van der Waals surface area contributed by atoms with Gasteiger partial charge >= 0.3 is 0 Å². The first-order chi connectivity index (χ1) is 8.76. The molecule has 0 bridgehead atoms. The van der Waals surface area contributed by atoms with Gasteiger partial charge in [0.05, 0.1) is 5.69 Å². The number of hydrogen-bond acceptors (Lipinski definition) is 5. The molecule has 0 aromatic carbocycles. The fourth-order valence-electron chi connectivity index (χ4n) is 3.19. The number of thiazole rings is 1. The Morgan fingerprint density at radius 3 is 3.17 bits per heavy atom. The summed E-state index contributed by atoms with van der Waals surface area (Å²) >= 11 is 1.69. The maximum atomic E-state index is 5.62. The molecule has 0 saturated carbocycles. The van der Waals surface area contributed by atoms with Crippen molar-refractivity contribution in [3.8, 4) is 0 Å². The first-order valence-corrected chi connectivity index (χ1v) is 7.75. The van der Waals surface area contributed by atoms with Crippen molar-refractivity contribution < 1.29 is 0 Å². The van der Waals surface area contributed by atoms with Crippen LogP contribution in [0.15, 0.2) is 5.38 Å². The van der Waals surface area contributed by atoms with Gasteiger partial charge in [0.15, 0.2) is 0 Å². The van der Waals surface area contributed by atoms with Gasteiger partial charge in [-0.2, -0.15) is 0 Å². The van der Waals surface area contributed by atoms with Gasteiger partial charge < -0.3 is 5.73 Å². The predicted molar refractivity (Wildman–Crippen MR) is 74.5 cm³/mol. The SMILES string of the molecule is CC1CN2CCCC2CN1Cc1csc(CN)n1. The molecule has 1 aromatic rings. The minimum Gasteiger partial charge on any atom is -0.325 e. The van der Waals surface area contributed by atoms with E-state index in [1.165, 1.54) is 38.2 Å². The molecule has 4 nitrogen and oxygen atoms in total. The van der Waals surface area contributed by atoms with Crippen LogP contribution in [0.3, 0.4) is 0 Å². The second kappa shape index (κ2) is 5.25. The van der Waals surface area contributed by atoms with Crippen molar-refractivity contribution in [3.05, 3.63) is 16.1 Å². The van der Waals surface area contributed by atoms with Gasteiger partial charge in [-0.3, -0.25) is 9.80 Å². The van der Waals surface area contributed by atoms with Crippen LogP contribution in [-0.2, 0) is 13.1 Å². The molecule has 18 heavy (non-hydrogen) atoms. The van der Waals surface area contributed by atoms with Crippen molar-refractivity contribution in [3.63, 3.8) is 0 Å². The Morgan fingerprint density at radius 1 is 1.50 bits per heavy atom. The minimum absolute atomic E-state index is 0.566. The molecule has 0 spiro atoms. The van der Waals surface area contributed by atoms with E-state index in [9.17, 15) is 0 Å². The first-order valence-electron chi connectivity index (χ1n) is 6.87. The van der Waals surface area contributed by atoms with E-state index in [4.69, 9.17) is 5.73 Å². The largest absolute Gasteiger partial charge is 0.325 e. The average molecular weight is 266 g/mol. The van der Waals surface area contributed by atoms with Gasteiger partial charge in [0.2, 0.25) is 0 Å². The number of fused-ring (bicyclic) bond motifs is 1. The molecule has 2 aliphatic heterocycles. The topological polar surface area (TPSA) is 45.4 Å². The van der Waals surface area contributed by atoms with Gasteiger partial charge in [0.25, 0.3) is 0 Å². The van der Waals surface area contributed by atoms with Crippen LogP contribution in [-0.4, -0.2) is 46.5 Å². The van der Waals surface area contributed by atoms with Gasteiger partial charge in [-0.05, 0) is 26.3 Å². The van der Waals surface area contributed by atoms with Gasteiger partial charge in [0.1, 0.15) is 5.01 Å². The molecule has 3 heterocycles. The molecule has 2 aliphatic rings. The van der Waals surface area contributed by atoms with E-state index in [1.807, 2.05) is 0 Å². The van der Waals surface area contributed by atoms with Crippen molar-refractivity contribution >= 4 is 11.3 Å². The summed E-state index contributed by atoms with van der Waals surface area (Å²) in [6, 6.07) is 1.43. The van der Waals surface area contributed by atoms with E-state index < -0.39 is 0 Å². The maximum absolute atomic E-state index is 5.62. The van der Waals surface area contributed by atoms with Gasteiger partial charge in [0, 0.05) is 43.6 Å². The van der Waals surface area contributed by atoms with Crippen molar-refractivity contribution in [1.82, 2.24) is 14.8 Å². The summed E-state index contributed by atoms with van der Waals surface area (Å²) < 4.78 is 0. The monoisotopic (exact) mass is 266 g/mol. The molecule has 2 saturated heterocycles. The molecule has 2 fully saturated rings. The Morgan fingerprint density at radius 2 is 2.39 bits per heavy atom. The molecule has 0 amide bonds. The van der Waals surface area contributed by atoms with E-state index in [0.717, 1.165) is 17.6 Å². The molecular weight excluding hydrogens is 244 g/mol. The summed E-state index contributed by atoms with van der Waals surface area (Å²) in [5.74, 6) is 0. The predicted octanol–water partition coefficient (Wildman–Crippen LogP) is 1.27. The Hall–Kier alpha value is -0.490. The fourth-order valence-corrected chi connectivity index (χ4v) is 3.86. The summed E-state index contributed by atoms with van der Waals surface area (Å²) in [4.78, 5) is 9.83. The normalized spacial score (nSPS) is 29.7. The summed E-state index contributed by atoms with van der Waals surface area (Å²) in [5, 5.41) is 3.22. The molecular formula is C13H22N4S. The van der Waals surface area contributed by atoms with Crippen molar-refractivity contribution in [2.75, 3.05) is 19.6 Å². The van der Waals surface area contributed by atoms with E-state index in [-0.39, 0.29) is 0 Å². The van der Waals surface area contributed by atoms with Crippen LogP contribution in [0, 0.1) is 0 Å². The number of hydrogen-bond donors (Lipinski definition) is 1. The third kappa shape index (κ3) is 2.45. The lowest BCUT2D eigenvalue weighted by Crippen LogP contribution is -2.54. The smallest absolute Gasteiger partial charge is 0.106 e. The highest BCUT2D eigenvalue weighted by molar-refractivity contribution is 7.09. The average Bonchev–Trinajstić information content (AvgIpc) is 2.98. The molecule has 5 heteroatoms. The fraction of sp³-hybridized carbons (Fsp3) is 0.769. The lowest BCUT2D eigenvalue weighted by molar-refractivity contribution is 0.0533. The number of aromatic nitrogens is 1. The lowest BCUT2D eigenvalue weighted by atomic mass is 10.1. The Balaban J connectivity index is 1.64. The van der Waals surface area contributed by atoms with Crippen LogP contribution in [0.5, 0.6) is 0 Å². The second-order valence-corrected chi connectivity index (χ2v) is 6.45. The zero-order chi connectivity index (χ0) is 12.5. The Labute approximate surface area is 113 Å². The van der Waals surface area contributed by atoms with Crippen molar-refractivity contribution in [2.24, 2.45) is 5.73 Å². The minimum atomic E-state index is 0.566. The summed E-state index contributed by atoms with van der Waals surface area (Å²) in [6.07, 6.45) is 2.74. The number of nitrogens with two attached hydrogens (primary N) is 1. The highest BCUT2D eigenvalue weighted by atomic mass is 32.1. The van der Waals surface area contributed by atoms with Crippen LogP contribution in [0.4, 0.5) is 0 Å². The molecule has 0 radical (unpaired) electrons. The van der Waals surface area contributed by atoms with E-state index >= 15 is 0 Å². The van der Waals surface area contributed by atoms with Gasteiger partial charge in [-0.1, -0.05) is 0 Å². The van der Waals surface area contributed by atoms with Crippen LogP contribution < -0.4 is 5.73 Å². The van der Waals surface area contributed by atoms with E-state index in [0.29, 0.717) is 12.6 Å². The molecule has 100 valence electrons. The zero-order valence-corrected chi connectivity index (χ0v) is 11.8. The molecule has 2 atom stereocenters. The summed E-state index contributed by atoms with van der Waals surface area (Å²) in [5.41, 5.74) is 6.81. The number of rotatable bonds is 3.